The lowest BCUT2D eigenvalue weighted by molar-refractivity contribution is -0.129. The zero-order chi connectivity index (χ0) is 12.1. The van der Waals surface area contributed by atoms with Crippen LogP contribution in [0.25, 0.3) is 0 Å². The van der Waals surface area contributed by atoms with E-state index in [4.69, 9.17) is 5.11 Å². The molecule has 2 nitrogen and oxygen atoms in total. The van der Waals surface area contributed by atoms with Gasteiger partial charge in [-0.3, -0.25) is 0 Å². The average molecular weight is 227 g/mol. The van der Waals surface area contributed by atoms with Crippen LogP contribution < -0.4 is 5.32 Å². The molecule has 0 aromatic heterocycles. The first kappa shape index (κ1) is 14.7. The minimum Gasteiger partial charge on any atom is -0.394 e. The Kier molecular flexibility index (Phi) is 5.59. The van der Waals surface area contributed by atoms with Gasteiger partial charge in [0, 0.05) is 5.54 Å². The van der Waals surface area contributed by atoms with Crippen LogP contribution in [0.4, 0.5) is 13.2 Å². The molecule has 0 aromatic rings. The molecule has 0 spiro atoms. The summed E-state index contributed by atoms with van der Waals surface area (Å²) >= 11 is 0. The SMILES string of the molecule is CC(C)CCC(C)(CO)NCC(F)(F)F. The maximum atomic E-state index is 12.0. The van der Waals surface area contributed by atoms with E-state index in [9.17, 15) is 13.2 Å². The van der Waals surface area contributed by atoms with Gasteiger partial charge in [0.25, 0.3) is 0 Å². The number of rotatable bonds is 6. The topological polar surface area (TPSA) is 32.3 Å². The zero-order valence-corrected chi connectivity index (χ0v) is 9.49. The summed E-state index contributed by atoms with van der Waals surface area (Å²) in [5, 5.41) is 11.4. The van der Waals surface area contributed by atoms with Crippen molar-refractivity contribution in [3.8, 4) is 0 Å². The van der Waals surface area contributed by atoms with Gasteiger partial charge in [-0.1, -0.05) is 13.8 Å². The molecule has 5 heteroatoms. The van der Waals surface area contributed by atoms with E-state index in [-0.39, 0.29) is 6.61 Å². The van der Waals surface area contributed by atoms with Crippen molar-refractivity contribution >= 4 is 0 Å². The number of hydrogen-bond donors (Lipinski definition) is 2. The van der Waals surface area contributed by atoms with Gasteiger partial charge in [0.2, 0.25) is 0 Å². The Labute approximate surface area is 88.9 Å². The van der Waals surface area contributed by atoms with Crippen molar-refractivity contribution in [3.63, 3.8) is 0 Å². The van der Waals surface area contributed by atoms with Crippen molar-refractivity contribution in [1.82, 2.24) is 5.32 Å². The third kappa shape index (κ3) is 7.62. The number of halogens is 3. The molecule has 0 fully saturated rings. The highest BCUT2D eigenvalue weighted by atomic mass is 19.4. The molecule has 0 amide bonds. The van der Waals surface area contributed by atoms with Gasteiger partial charge < -0.3 is 10.4 Å². The Morgan fingerprint density at radius 3 is 2.13 bits per heavy atom. The number of hydrogen-bond acceptors (Lipinski definition) is 2. The standard InChI is InChI=1S/C10H20F3NO/c1-8(2)4-5-9(3,7-15)14-6-10(11,12)13/h8,14-15H,4-7H2,1-3H3. The van der Waals surface area contributed by atoms with Crippen LogP contribution in [0.1, 0.15) is 33.6 Å². The van der Waals surface area contributed by atoms with Crippen molar-refractivity contribution in [3.05, 3.63) is 0 Å². The second-order valence-electron chi connectivity index (χ2n) is 4.62. The van der Waals surface area contributed by atoms with Crippen LogP contribution in [-0.4, -0.2) is 30.0 Å². The first-order chi connectivity index (χ1) is 6.68. The molecule has 0 rings (SSSR count). The van der Waals surface area contributed by atoms with Crippen LogP contribution in [0.3, 0.4) is 0 Å². The lowest BCUT2D eigenvalue weighted by Crippen LogP contribution is -2.49. The smallest absolute Gasteiger partial charge is 0.394 e. The average Bonchev–Trinajstić information content (AvgIpc) is 2.10. The van der Waals surface area contributed by atoms with E-state index in [0.717, 1.165) is 6.42 Å². The number of aliphatic hydroxyl groups excluding tert-OH is 1. The molecule has 0 saturated carbocycles. The summed E-state index contributed by atoms with van der Waals surface area (Å²) < 4.78 is 35.9. The Balaban J connectivity index is 4.07. The Morgan fingerprint density at radius 2 is 1.80 bits per heavy atom. The molecule has 2 N–H and O–H groups in total. The Hall–Kier alpha value is -0.290. The van der Waals surface area contributed by atoms with Gasteiger partial charge in [0.05, 0.1) is 13.2 Å². The largest absolute Gasteiger partial charge is 0.401 e. The van der Waals surface area contributed by atoms with Crippen molar-refractivity contribution in [1.29, 1.82) is 0 Å². The van der Waals surface area contributed by atoms with Crippen LogP contribution in [0.5, 0.6) is 0 Å². The summed E-state index contributed by atoms with van der Waals surface area (Å²) in [6.45, 7) is 4.28. The molecule has 15 heavy (non-hydrogen) atoms. The van der Waals surface area contributed by atoms with Gasteiger partial charge in [0.1, 0.15) is 0 Å². The molecule has 0 aromatic carbocycles. The fourth-order valence-corrected chi connectivity index (χ4v) is 1.14. The van der Waals surface area contributed by atoms with Crippen molar-refractivity contribution in [2.45, 2.75) is 45.3 Å². The van der Waals surface area contributed by atoms with Gasteiger partial charge in [-0.25, -0.2) is 0 Å². The number of alkyl halides is 3. The summed E-state index contributed by atoms with van der Waals surface area (Å²) in [5.41, 5.74) is -0.834. The number of nitrogens with one attached hydrogen (secondary N) is 1. The monoisotopic (exact) mass is 227 g/mol. The predicted octanol–water partition coefficient (Wildman–Crippen LogP) is 2.33. The maximum absolute atomic E-state index is 12.0. The van der Waals surface area contributed by atoms with Crippen LogP contribution >= 0.6 is 0 Å². The molecule has 0 bridgehead atoms. The van der Waals surface area contributed by atoms with Crippen molar-refractivity contribution in [2.75, 3.05) is 13.2 Å². The third-order valence-electron chi connectivity index (χ3n) is 2.34. The van der Waals surface area contributed by atoms with Crippen molar-refractivity contribution in [2.24, 2.45) is 5.92 Å². The summed E-state index contributed by atoms with van der Waals surface area (Å²) in [5.74, 6) is 0.420. The summed E-state index contributed by atoms with van der Waals surface area (Å²) in [6, 6.07) is 0. The van der Waals surface area contributed by atoms with E-state index >= 15 is 0 Å². The highest BCUT2D eigenvalue weighted by Gasteiger charge is 2.32. The van der Waals surface area contributed by atoms with E-state index in [1.165, 1.54) is 0 Å². The second-order valence-corrected chi connectivity index (χ2v) is 4.62. The van der Waals surface area contributed by atoms with Crippen LogP contribution in [0.2, 0.25) is 0 Å². The zero-order valence-electron chi connectivity index (χ0n) is 9.49. The summed E-state index contributed by atoms with van der Waals surface area (Å²) in [7, 11) is 0. The summed E-state index contributed by atoms with van der Waals surface area (Å²) in [4.78, 5) is 0. The highest BCUT2D eigenvalue weighted by molar-refractivity contribution is 4.83. The first-order valence-corrected chi connectivity index (χ1v) is 5.11. The molecule has 0 aliphatic heterocycles. The number of aliphatic hydroxyl groups is 1. The van der Waals surface area contributed by atoms with Crippen LogP contribution in [0, 0.1) is 5.92 Å². The van der Waals surface area contributed by atoms with Gasteiger partial charge in [0.15, 0.2) is 0 Å². The Morgan fingerprint density at radius 1 is 1.27 bits per heavy atom. The molecule has 0 saturated heterocycles. The highest BCUT2D eigenvalue weighted by Crippen LogP contribution is 2.19. The molecular weight excluding hydrogens is 207 g/mol. The molecule has 0 heterocycles. The van der Waals surface area contributed by atoms with E-state index in [1.54, 1.807) is 6.92 Å². The lowest BCUT2D eigenvalue weighted by atomic mass is 9.92. The fourth-order valence-electron chi connectivity index (χ4n) is 1.14. The van der Waals surface area contributed by atoms with E-state index in [0.29, 0.717) is 12.3 Å². The van der Waals surface area contributed by atoms with E-state index in [1.807, 2.05) is 13.8 Å². The quantitative estimate of drug-likeness (QED) is 0.730. The minimum atomic E-state index is -4.23. The van der Waals surface area contributed by atoms with E-state index < -0.39 is 18.3 Å². The molecule has 92 valence electrons. The van der Waals surface area contributed by atoms with E-state index in [2.05, 4.69) is 5.32 Å². The van der Waals surface area contributed by atoms with Crippen molar-refractivity contribution < 1.29 is 18.3 Å². The fraction of sp³-hybridized carbons (Fsp3) is 1.00. The third-order valence-corrected chi connectivity index (χ3v) is 2.34. The second kappa shape index (κ2) is 5.70. The van der Waals surface area contributed by atoms with Crippen LogP contribution in [0.15, 0.2) is 0 Å². The first-order valence-electron chi connectivity index (χ1n) is 5.11. The van der Waals surface area contributed by atoms with Gasteiger partial charge in [-0.05, 0) is 25.7 Å². The predicted molar refractivity (Wildman–Crippen MR) is 53.6 cm³/mol. The van der Waals surface area contributed by atoms with Gasteiger partial charge in [-0.15, -0.1) is 0 Å². The van der Waals surface area contributed by atoms with Gasteiger partial charge in [-0.2, -0.15) is 13.2 Å². The molecule has 0 aliphatic rings. The maximum Gasteiger partial charge on any atom is 0.401 e. The molecular formula is C10H20F3NO. The molecule has 0 radical (unpaired) electrons. The molecule has 0 aliphatic carbocycles. The molecule has 1 unspecified atom stereocenters. The van der Waals surface area contributed by atoms with Gasteiger partial charge >= 0.3 is 6.18 Å². The lowest BCUT2D eigenvalue weighted by Gasteiger charge is -2.30. The minimum absolute atomic E-state index is 0.282. The summed E-state index contributed by atoms with van der Waals surface area (Å²) in [6.07, 6.45) is -2.90. The van der Waals surface area contributed by atoms with Crippen LogP contribution in [-0.2, 0) is 0 Å². The molecule has 1 atom stereocenters. The Bertz CT molecular complexity index is 182. The normalized spacial score (nSPS) is 16.8.